The van der Waals surface area contributed by atoms with E-state index in [-0.39, 0.29) is 24.1 Å². The van der Waals surface area contributed by atoms with Crippen molar-refractivity contribution >= 4 is 23.2 Å². The third kappa shape index (κ3) is 4.50. The zero-order valence-corrected chi connectivity index (χ0v) is 21.4. The van der Waals surface area contributed by atoms with E-state index in [1.165, 1.54) is 0 Å². The molecule has 2 aromatic carbocycles. The van der Waals surface area contributed by atoms with Crippen molar-refractivity contribution in [2.24, 2.45) is 0 Å². The summed E-state index contributed by atoms with van der Waals surface area (Å²) >= 11 is 0. The predicted molar refractivity (Wildman–Crippen MR) is 142 cm³/mol. The van der Waals surface area contributed by atoms with Crippen molar-refractivity contribution in [1.29, 1.82) is 5.26 Å². The van der Waals surface area contributed by atoms with Gasteiger partial charge in [0.2, 0.25) is 5.91 Å². The Labute approximate surface area is 224 Å². The van der Waals surface area contributed by atoms with E-state index in [4.69, 9.17) is 15.1 Å². The van der Waals surface area contributed by atoms with Crippen molar-refractivity contribution in [3.05, 3.63) is 77.4 Å². The van der Waals surface area contributed by atoms with E-state index in [2.05, 4.69) is 10.3 Å². The zero-order valence-electron chi connectivity index (χ0n) is 21.4. The molecule has 4 aromatic rings. The molecule has 11 nitrogen and oxygen atoms in total. The number of benzene rings is 2. The molecule has 2 aliphatic heterocycles. The Bertz CT molecular complexity index is 1580. The van der Waals surface area contributed by atoms with Gasteiger partial charge in [-0.25, -0.2) is 9.36 Å². The first kappa shape index (κ1) is 24.4. The van der Waals surface area contributed by atoms with Gasteiger partial charge in [0.15, 0.2) is 5.69 Å². The molecule has 196 valence electrons. The van der Waals surface area contributed by atoms with Gasteiger partial charge in [0.05, 0.1) is 31.2 Å². The molecule has 0 saturated carbocycles. The number of hydrogen-bond acceptors (Lipinski definition) is 7. The standard InChI is InChI=1S/C28H26N8O3/c1-39-23-11-9-22(10-12-23)36-27-24(25(31-36)18-33-17-19(16-29)30-32-33)13-15-35(28(27)38)21-7-5-20(6-8-21)34-14-3-2-4-26(34)37/h5-12,17H,2-4,13-15,18H2,1H3. The number of rotatable bonds is 6. The van der Waals surface area contributed by atoms with Crippen LogP contribution in [0.3, 0.4) is 0 Å². The number of piperidine rings is 1. The first-order chi connectivity index (χ1) is 19.1. The minimum absolute atomic E-state index is 0.137. The molecule has 0 unspecified atom stereocenters. The van der Waals surface area contributed by atoms with Crippen LogP contribution < -0.4 is 14.5 Å². The van der Waals surface area contributed by atoms with Crippen LogP contribution in [0.4, 0.5) is 11.4 Å². The summed E-state index contributed by atoms with van der Waals surface area (Å²) in [6, 6.07) is 17.0. The monoisotopic (exact) mass is 522 g/mol. The maximum atomic E-state index is 14.0. The second-order valence-corrected chi connectivity index (χ2v) is 9.52. The SMILES string of the molecule is COc1ccc(-n2nc(Cn3cc(C#N)nn3)c3c2C(=O)N(c2ccc(N4CCCCC4=O)cc2)CC3)cc1. The van der Waals surface area contributed by atoms with Crippen LogP contribution in [-0.4, -0.2) is 56.8 Å². The lowest BCUT2D eigenvalue weighted by Gasteiger charge is -2.30. The number of nitrogens with zero attached hydrogens (tertiary/aromatic N) is 8. The summed E-state index contributed by atoms with van der Waals surface area (Å²) in [5.74, 6) is 0.675. The number of methoxy groups -OCH3 is 1. The van der Waals surface area contributed by atoms with Gasteiger partial charge >= 0.3 is 0 Å². The quantitative estimate of drug-likeness (QED) is 0.381. The first-order valence-corrected chi connectivity index (χ1v) is 12.8. The molecule has 39 heavy (non-hydrogen) atoms. The van der Waals surface area contributed by atoms with Gasteiger partial charge < -0.3 is 14.5 Å². The van der Waals surface area contributed by atoms with E-state index >= 15 is 0 Å². The number of amides is 2. The molecule has 4 heterocycles. The molecule has 0 bridgehead atoms. The predicted octanol–water partition coefficient (Wildman–Crippen LogP) is 3.11. The molecule has 0 spiro atoms. The lowest BCUT2D eigenvalue weighted by atomic mass is 10.0. The number of hydrogen-bond donors (Lipinski definition) is 0. The molecule has 2 aromatic heterocycles. The number of fused-ring (bicyclic) bond motifs is 1. The van der Waals surface area contributed by atoms with Crippen LogP contribution in [0.15, 0.2) is 54.7 Å². The highest BCUT2D eigenvalue weighted by Crippen LogP contribution is 2.31. The largest absolute Gasteiger partial charge is 0.497 e. The number of carbonyl (C=O) groups is 2. The summed E-state index contributed by atoms with van der Waals surface area (Å²) in [7, 11) is 1.60. The molecule has 1 saturated heterocycles. The molecule has 2 amide bonds. The molecular formula is C28H26N8O3. The lowest BCUT2D eigenvalue weighted by molar-refractivity contribution is -0.119. The first-order valence-electron chi connectivity index (χ1n) is 12.8. The Morgan fingerprint density at radius 3 is 2.31 bits per heavy atom. The Balaban J connectivity index is 1.35. The van der Waals surface area contributed by atoms with Crippen molar-refractivity contribution in [2.75, 3.05) is 30.0 Å². The molecule has 1 fully saturated rings. The molecule has 0 aliphatic carbocycles. The van der Waals surface area contributed by atoms with Gasteiger partial charge in [-0.05, 0) is 67.8 Å². The van der Waals surface area contributed by atoms with Crippen LogP contribution in [0, 0.1) is 11.3 Å². The Kier molecular flexibility index (Phi) is 6.28. The summed E-state index contributed by atoms with van der Waals surface area (Å²) in [5, 5.41) is 21.8. The Morgan fingerprint density at radius 1 is 0.923 bits per heavy atom. The van der Waals surface area contributed by atoms with E-state index in [1.807, 2.05) is 59.5 Å². The summed E-state index contributed by atoms with van der Waals surface area (Å²) in [4.78, 5) is 29.9. The third-order valence-electron chi connectivity index (χ3n) is 7.18. The molecule has 6 rings (SSSR count). The molecule has 0 atom stereocenters. The van der Waals surface area contributed by atoms with Crippen LogP contribution in [0.25, 0.3) is 5.69 Å². The Morgan fingerprint density at radius 2 is 1.64 bits per heavy atom. The highest BCUT2D eigenvalue weighted by Gasteiger charge is 2.33. The van der Waals surface area contributed by atoms with Crippen molar-refractivity contribution in [3.63, 3.8) is 0 Å². The zero-order chi connectivity index (χ0) is 26.9. The Hall–Kier alpha value is -4.98. The van der Waals surface area contributed by atoms with Crippen LogP contribution in [0.2, 0.25) is 0 Å². The topological polar surface area (TPSA) is 122 Å². The van der Waals surface area contributed by atoms with Gasteiger partial charge in [-0.15, -0.1) is 5.10 Å². The van der Waals surface area contributed by atoms with E-state index in [9.17, 15) is 9.59 Å². The van der Waals surface area contributed by atoms with E-state index in [1.54, 1.807) is 27.6 Å². The van der Waals surface area contributed by atoms with Gasteiger partial charge in [-0.1, -0.05) is 5.21 Å². The fraction of sp³-hybridized carbons (Fsp3) is 0.286. The fourth-order valence-electron chi connectivity index (χ4n) is 5.19. The van der Waals surface area contributed by atoms with Crippen molar-refractivity contribution in [2.45, 2.75) is 32.2 Å². The van der Waals surface area contributed by atoms with Crippen molar-refractivity contribution < 1.29 is 14.3 Å². The van der Waals surface area contributed by atoms with Gasteiger partial charge in [-0.2, -0.15) is 10.4 Å². The number of ether oxygens (including phenoxy) is 1. The summed E-state index contributed by atoms with van der Waals surface area (Å²) in [5.41, 5.74) is 4.58. The van der Waals surface area contributed by atoms with Gasteiger partial charge in [0.1, 0.15) is 17.5 Å². The number of nitriles is 1. The summed E-state index contributed by atoms with van der Waals surface area (Å²) in [6.45, 7) is 1.48. The van der Waals surface area contributed by atoms with Gasteiger partial charge in [-0.3, -0.25) is 9.59 Å². The van der Waals surface area contributed by atoms with Gasteiger partial charge in [0.25, 0.3) is 5.91 Å². The second-order valence-electron chi connectivity index (χ2n) is 9.52. The average Bonchev–Trinajstić information content (AvgIpc) is 3.59. The number of anilines is 2. The molecule has 0 N–H and O–H groups in total. The summed E-state index contributed by atoms with van der Waals surface area (Å²) in [6.07, 6.45) is 4.64. The highest BCUT2D eigenvalue weighted by atomic mass is 16.5. The minimum Gasteiger partial charge on any atom is -0.497 e. The van der Waals surface area contributed by atoms with E-state index < -0.39 is 0 Å². The summed E-state index contributed by atoms with van der Waals surface area (Å²) < 4.78 is 8.52. The maximum Gasteiger partial charge on any atom is 0.277 e. The number of aromatic nitrogens is 5. The van der Waals surface area contributed by atoms with E-state index in [0.29, 0.717) is 36.5 Å². The van der Waals surface area contributed by atoms with Gasteiger partial charge in [0, 0.05) is 36.4 Å². The third-order valence-corrected chi connectivity index (χ3v) is 7.18. The maximum absolute atomic E-state index is 14.0. The smallest absolute Gasteiger partial charge is 0.277 e. The van der Waals surface area contributed by atoms with Crippen LogP contribution in [-0.2, 0) is 17.8 Å². The fourth-order valence-corrected chi connectivity index (χ4v) is 5.19. The molecule has 0 radical (unpaired) electrons. The second kappa shape index (κ2) is 10.1. The molecule has 11 heteroatoms. The molecule has 2 aliphatic rings. The van der Waals surface area contributed by atoms with Crippen LogP contribution in [0.1, 0.15) is 46.7 Å². The van der Waals surface area contributed by atoms with Crippen molar-refractivity contribution in [3.8, 4) is 17.5 Å². The van der Waals surface area contributed by atoms with Crippen LogP contribution in [0.5, 0.6) is 5.75 Å². The minimum atomic E-state index is -0.163. The number of carbonyl (C=O) groups excluding carboxylic acids is 2. The normalized spacial score (nSPS) is 15.3. The van der Waals surface area contributed by atoms with Crippen LogP contribution >= 0.6 is 0 Å². The highest BCUT2D eigenvalue weighted by molar-refractivity contribution is 6.07. The lowest BCUT2D eigenvalue weighted by Crippen LogP contribution is -2.39. The average molecular weight is 523 g/mol. The molecular weight excluding hydrogens is 496 g/mol. The van der Waals surface area contributed by atoms with E-state index in [0.717, 1.165) is 42.0 Å². The van der Waals surface area contributed by atoms with Crippen molar-refractivity contribution in [1.82, 2.24) is 24.8 Å².